The summed E-state index contributed by atoms with van der Waals surface area (Å²) >= 11 is 3.18. The third-order valence-electron chi connectivity index (χ3n) is 2.69. The molecule has 0 saturated carbocycles. The average Bonchev–Trinajstić information content (AvgIpc) is 2.81. The van der Waals surface area contributed by atoms with Crippen molar-refractivity contribution in [2.45, 2.75) is 25.5 Å². The highest BCUT2D eigenvalue weighted by atomic mass is 79.9. The van der Waals surface area contributed by atoms with Gasteiger partial charge in [-0.15, -0.1) is 0 Å². The van der Waals surface area contributed by atoms with E-state index in [1.54, 1.807) is 12.1 Å². The Morgan fingerprint density at radius 2 is 2.41 bits per heavy atom. The number of ether oxygens (including phenoxy) is 1. The molecule has 3 nitrogen and oxygen atoms in total. The van der Waals surface area contributed by atoms with E-state index >= 15 is 0 Å². The van der Waals surface area contributed by atoms with Gasteiger partial charge in [-0.2, -0.15) is 0 Å². The van der Waals surface area contributed by atoms with E-state index in [9.17, 15) is 9.18 Å². The average molecular weight is 302 g/mol. The molecule has 92 valence electrons. The fraction of sp³-hybridized carbons (Fsp3) is 0.417. The summed E-state index contributed by atoms with van der Waals surface area (Å²) in [5.41, 5.74) is 0.472. The van der Waals surface area contributed by atoms with Crippen molar-refractivity contribution in [3.63, 3.8) is 0 Å². The van der Waals surface area contributed by atoms with E-state index in [4.69, 9.17) is 4.74 Å². The fourth-order valence-electron chi connectivity index (χ4n) is 1.75. The largest absolute Gasteiger partial charge is 0.368 e. The summed E-state index contributed by atoms with van der Waals surface area (Å²) in [5, 5.41) is 2.68. The standard InChI is InChI=1S/C12H13BrFNO2/c13-9-4-3-8(10(14)6-9)7-15-12(16)11-2-1-5-17-11/h3-4,6,11H,1-2,5,7H2,(H,15,16). The smallest absolute Gasteiger partial charge is 0.249 e. The molecule has 0 bridgehead atoms. The molecule has 0 spiro atoms. The molecule has 1 aliphatic heterocycles. The van der Waals surface area contributed by atoms with Gasteiger partial charge in [-0.25, -0.2) is 4.39 Å². The number of halogens is 2. The van der Waals surface area contributed by atoms with E-state index < -0.39 is 0 Å². The van der Waals surface area contributed by atoms with Crippen molar-refractivity contribution in [2.24, 2.45) is 0 Å². The van der Waals surface area contributed by atoms with Crippen molar-refractivity contribution in [3.8, 4) is 0 Å². The van der Waals surface area contributed by atoms with Gasteiger partial charge in [-0.1, -0.05) is 22.0 Å². The minimum atomic E-state index is -0.367. The Kier molecular flexibility index (Phi) is 4.12. The lowest BCUT2D eigenvalue weighted by Crippen LogP contribution is -2.33. The van der Waals surface area contributed by atoms with Crippen LogP contribution in [0.2, 0.25) is 0 Å². The number of carbonyl (C=O) groups excluding carboxylic acids is 1. The third-order valence-corrected chi connectivity index (χ3v) is 3.18. The van der Waals surface area contributed by atoms with Crippen molar-refractivity contribution in [3.05, 3.63) is 34.1 Å². The van der Waals surface area contributed by atoms with Crippen LogP contribution < -0.4 is 5.32 Å². The summed E-state index contributed by atoms with van der Waals surface area (Å²) in [6.45, 7) is 0.822. The quantitative estimate of drug-likeness (QED) is 0.931. The lowest BCUT2D eigenvalue weighted by molar-refractivity contribution is -0.130. The molecule has 0 radical (unpaired) electrons. The highest BCUT2D eigenvalue weighted by Gasteiger charge is 2.23. The van der Waals surface area contributed by atoms with Gasteiger partial charge in [0.1, 0.15) is 11.9 Å². The first-order valence-corrected chi connectivity index (χ1v) is 6.29. The van der Waals surface area contributed by atoms with Crippen LogP contribution in [0.4, 0.5) is 4.39 Å². The van der Waals surface area contributed by atoms with Crippen LogP contribution in [0.15, 0.2) is 22.7 Å². The zero-order valence-electron chi connectivity index (χ0n) is 9.21. The first-order valence-electron chi connectivity index (χ1n) is 5.50. The van der Waals surface area contributed by atoms with Gasteiger partial charge in [0.25, 0.3) is 0 Å². The summed E-state index contributed by atoms with van der Waals surface area (Å²) in [5.74, 6) is -0.489. The zero-order chi connectivity index (χ0) is 12.3. The summed E-state index contributed by atoms with van der Waals surface area (Å²) < 4.78 is 19.4. The monoisotopic (exact) mass is 301 g/mol. The Hall–Kier alpha value is -0.940. The first-order chi connectivity index (χ1) is 8.16. The van der Waals surface area contributed by atoms with Crippen LogP contribution >= 0.6 is 15.9 Å². The van der Waals surface area contributed by atoms with Crippen molar-refractivity contribution >= 4 is 21.8 Å². The van der Waals surface area contributed by atoms with Crippen LogP contribution in [0.3, 0.4) is 0 Å². The minimum Gasteiger partial charge on any atom is -0.368 e. The van der Waals surface area contributed by atoms with E-state index in [2.05, 4.69) is 21.2 Å². The molecule has 1 aliphatic rings. The fourth-order valence-corrected chi connectivity index (χ4v) is 2.08. The molecule has 1 heterocycles. The second-order valence-electron chi connectivity index (χ2n) is 3.96. The molecule has 0 aliphatic carbocycles. The molecule has 1 fully saturated rings. The lowest BCUT2D eigenvalue weighted by Gasteiger charge is -2.10. The Morgan fingerprint density at radius 3 is 3.06 bits per heavy atom. The molecule has 1 aromatic rings. The Morgan fingerprint density at radius 1 is 1.59 bits per heavy atom. The SMILES string of the molecule is O=C(NCc1ccc(Br)cc1F)C1CCCO1. The zero-order valence-corrected chi connectivity index (χ0v) is 10.8. The minimum absolute atomic E-state index is 0.162. The van der Waals surface area contributed by atoms with E-state index in [-0.39, 0.29) is 24.4 Å². The van der Waals surface area contributed by atoms with E-state index in [1.165, 1.54) is 6.07 Å². The van der Waals surface area contributed by atoms with E-state index in [1.807, 2.05) is 0 Å². The predicted octanol–water partition coefficient (Wildman–Crippen LogP) is 2.38. The van der Waals surface area contributed by atoms with Crippen molar-refractivity contribution in [2.75, 3.05) is 6.61 Å². The van der Waals surface area contributed by atoms with Gasteiger partial charge in [-0.3, -0.25) is 4.79 Å². The number of carbonyl (C=O) groups is 1. The predicted molar refractivity (Wildman–Crippen MR) is 64.9 cm³/mol. The van der Waals surface area contributed by atoms with E-state index in [0.717, 1.165) is 12.8 Å². The Labute approximate surface area is 107 Å². The number of amides is 1. The second kappa shape index (κ2) is 5.60. The summed E-state index contributed by atoms with van der Waals surface area (Å²) in [6, 6.07) is 4.78. The van der Waals surface area contributed by atoms with Gasteiger partial charge in [0.15, 0.2) is 0 Å². The number of rotatable bonds is 3. The molecule has 2 rings (SSSR count). The molecule has 5 heteroatoms. The molecule has 17 heavy (non-hydrogen) atoms. The number of hydrogen-bond donors (Lipinski definition) is 1. The van der Waals surface area contributed by atoms with Gasteiger partial charge in [-0.05, 0) is 25.0 Å². The number of hydrogen-bond acceptors (Lipinski definition) is 2. The van der Waals surface area contributed by atoms with Crippen LogP contribution in [0.25, 0.3) is 0 Å². The summed E-state index contributed by atoms with van der Waals surface area (Å²) in [4.78, 5) is 11.6. The maximum Gasteiger partial charge on any atom is 0.249 e. The molecular weight excluding hydrogens is 289 g/mol. The highest BCUT2D eigenvalue weighted by molar-refractivity contribution is 9.10. The van der Waals surface area contributed by atoms with Gasteiger partial charge in [0.05, 0.1) is 0 Å². The van der Waals surface area contributed by atoms with E-state index in [0.29, 0.717) is 16.6 Å². The van der Waals surface area contributed by atoms with Gasteiger partial charge >= 0.3 is 0 Å². The summed E-state index contributed by atoms with van der Waals surface area (Å²) in [6.07, 6.45) is 1.29. The molecule has 1 atom stereocenters. The second-order valence-corrected chi connectivity index (χ2v) is 4.87. The number of nitrogens with one attached hydrogen (secondary N) is 1. The highest BCUT2D eigenvalue weighted by Crippen LogP contribution is 2.16. The molecule has 1 aromatic carbocycles. The third kappa shape index (κ3) is 3.26. The normalized spacial score (nSPS) is 19.3. The van der Waals surface area contributed by atoms with Crippen LogP contribution in [0.5, 0.6) is 0 Å². The van der Waals surface area contributed by atoms with Crippen molar-refractivity contribution in [1.29, 1.82) is 0 Å². The Balaban J connectivity index is 1.90. The lowest BCUT2D eigenvalue weighted by atomic mass is 10.2. The maximum atomic E-state index is 13.5. The molecule has 1 amide bonds. The molecule has 1 saturated heterocycles. The Bertz CT molecular complexity index is 419. The molecule has 1 N–H and O–H groups in total. The van der Waals surface area contributed by atoms with Crippen LogP contribution in [0, 0.1) is 5.82 Å². The topological polar surface area (TPSA) is 38.3 Å². The molecule has 0 aromatic heterocycles. The molecular formula is C12H13BrFNO2. The van der Waals surface area contributed by atoms with Gasteiger partial charge in [0.2, 0.25) is 5.91 Å². The molecule has 1 unspecified atom stereocenters. The van der Waals surface area contributed by atoms with Gasteiger partial charge in [0, 0.05) is 23.2 Å². The van der Waals surface area contributed by atoms with Crippen LogP contribution in [-0.4, -0.2) is 18.6 Å². The van der Waals surface area contributed by atoms with Crippen molar-refractivity contribution < 1.29 is 13.9 Å². The first kappa shape index (κ1) is 12.5. The van der Waals surface area contributed by atoms with Crippen LogP contribution in [-0.2, 0) is 16.1 Å². The summed E-state index contributed by atoms with van der Waals surface area (Å²) in [7, 11) is 0. The number of benzene rings is 1. The van der Waals surface area contributed by atoms with Crippen LogP contribution in [0.1, 0.15) is 18.4 Å². The van der Waals surface area contributed by atoms with Gasteiger partial charge < -0.3 is 10.1 Å². The maximum absolute atomic E-state index is 13.5. The van der Waals surface area contributed by atoms with Crippen molar-refractivity contribution in [1.82, 2.24) is 5.32 Å².